The van der Waals surface area contributed by atoms with Crippen LogP contribution in [0.3, 0.4) is 0 Å². The van der Waals surface area contributed by atoms with Crippen molar-refractivity contribution in [3.63, 3.8) is 0 Å². The molecule has 2 aromatic rings. The van der Waals surface area contributed by atoms with Crippen molar-refractivity contribution in [3.8, 4) is 17.2 Å². The minimum Gasteiger partial charge on any atom is -0.493 e. The normalized spacial score (nSPS) is 19.4. The van der Waals surface area contributed by atoms with Crippen LogP contribution in [0.2, 0.25) is 0 Å². The van der Waals surface area contributed by atoms with Gasteiger partial charge in [-0.05, 0) is 60.6 Å². The third-order valence-corrected chi connectivity index (χ3v) is 6.42. The maximum Gasteiger partial charge on any atom is 0.203 e. The third-order valence-electron chi connectivity index (χ3n) is 5.32. The Hall–Kier alpha value is -2.21. The maximum absolute atomic E-state index is 5.53. The van der Waals surface area contributed by atoms with Gasteiger partial charge in [0, 0.05) is 10.4 Å². The molecule has 0 saturated heterocycles. The Morgan fingerprint density at radius 2 is 1.89 bits per heavy atom. The molecular formula is C22H29NO4S. The van der Waals surface area contributed by atoms with Crippen molar-refractivity contribution in [1.82, 2.24) is 0 Å². The molecule has 6 heteroatoms. The van der Waals surface area contributed by atoms with E-state index in [-0.39, 0.29) is 0 Å². The molecule has 5 nitrogen and oxygen atoms in total. The van der Waals surface area contributed by atoms with E-state index in [0.29, 0.717) is 35.7 Å². The molecule has 152 valence electrons. The van der Waals surface area contributed by atoms with Crippen LogP contribution in [0.25, 0.3) is 0 Å². The first kappa shape index (κ1) is 20.5. The van der Waals surface area contributed by atoms with Crippen LogP contribution in [0.4, 0.5) is 0 Å². The van der Waals surface area contributed by atoms with Gasteiger partial charge in [0.2, 0.25) is 5.75 Å². The molecule has 0 amide bonds. The van der Waals surface area contributed by atoms with Gasteiger partial charge in [-0.1, -0.05) is 18.1 Å². The molecule has 1 unspecified atom stereocenters. The van der Waals surface area contributed by atoms with E-state index in [4.69, 9.17) is 19.0 Å². The SMILES string of the molecule is COc1cc(/C=N\OC[C@@H]2C[C@H]2CCC(C)c2cccs2)cc(OC)c1OC. The van der Waals surface area contributed by atoms with Gasteiger partial charge in [0.25, 0.3) is 0 Å². The second-order valence-corrected chi connectivity index (χ2v) is 8.22. The minimum absolute atomic E-state index is 0.570. The second kappa shape index (κ2) is 9.82. The molecule has 1 heterocycles. The first-order chi connectivity index (χ1) is 13.7. The van der Waals surface area contributed by atoms with Crippen LogP contribution in [0, 0.1) is 11.8 Å². The van der Waals surface area contributed by atoms with E-state index in [1.165, 1.54) is 24.1 Å². The summed E-state index contributed by atoms with van der Waals surface area (Å²) in [6.07, 6.45) is 5.44. The fourth-order valence-corrected chi connectivity index (χ4v) is 4.28. The van der Waals surface area contributed by atoms with Gasteiger partial charge in [0.15, 0.2) is 11.5 Å². The molecule has 3 atom stereocenters. The van der Waals surface area contributed by atoms with Gasteiger partial charge in [-0.25, -0.2) is 0 Å². The summed E-state index contributed by atoms with van der Waals surface area (Å²) in [5.74, 6) is 3.84. The van der Waals surface area contributed by atoms with E-state index in [2.05, 4.69) is 29.6 Å². The number of ether oxygens (including phenoxy) is 3. The van der Waals surface area contributed by atoms with Crippen LogP contribution in [-0.2, 0) is 4.84 Å². The lowest BCUT2D eigenvalue weighted by Crippen LogP contribution is -1.98. The Balaban J connectivity index is 1.42. The molecule has 1 aromatic carbocycles. The number of hydrogen-bond acceptors (Lipinski definition) is 6. The lowest BCUT2D eigenvalue weighted by molar-refractivity contribution is 0.131. The van der Waals surface area contributed by atoms with Crippen molar-refractivity contribution in [2.75, 3.05) is 27.9 Å². The van der Waals surface area contributed by atoms with Crippen LogP contribution < -0.4 is 14.2 Å². The number of benzene rings is 1. The smallest absolute Gasteiger partial charge is 0.203 e. The van der Waals surface area contributed by atoms with Crippen LogP contribution in [0.5, 0.6) is 17.2 Å². The number of thiophene rings is 1. The highest BCUT2D eigenvalue weighted by molar-refractivity contribution is 7.10. The summed E-state index contributed by atoms with van der Waals surface area (Å²) >= 11 is 1.86. The van der Waals surface area contributed by atoms with Crippen molar-refractivity contribution in [3.05, 3.63) is 40.1 Å². The fraction of sp³-hybridized carbons (Fsp3) is 0.500. The number of nitrogens with zero attached hydrogens (tertiary/aromatic N) is 1. The first-order valence-electron chi connectivity index (χ1n) is 9.65. The van der Waals surface area contributed by atoms with Crippen LogP contribution >= 0.6 is 11.3 Å². The molecule has 1 aliphatic carbocycles. The summed E-state index contributed by atoms with van der Waals surface area (Å²) in [7, 11) is 4.78. The molecule has 28 heavy (non-hydrogen) atoms. The van der Waals surface area contributed by atoms with Gasteiger partial charge in [-0.15, -0.1) is 11.3 Å². The Kier molecular flexibility index (Phi) is 7.20. The van der Waals surface area contributed by atoms with Crippen LogP contribution in [-0.4, -0.2) is 34.2 Å². The van der Waals surface area contributed by atoms with Gasteiger partial charge in [-0.2, -0.15) is 0 Å². The van der Waals surface area contributed by atoms with Gasteiger partial charge in [-0.3, -0.25) is 0 Å². The molecule has 1 aliphatic rings. The molecule has 0 bridgehead atoms. The van der Waals surface area contributed by atoms with E-state index < -0.39 is 0 Å². The predicted octanol–water partition coefficient (Wildman–Crippen LogP) is 5.34. The van der Waals surface area contributed by atoms with Crippen LogP contribution in [0.15, 0.2) is 34.8 Å². The lowest BCUT2D eigenvalue weighted by Gasteiger charge is -2.12. The number of hydrogen-bond donors (Lipinski definition) is 0. The van der Waals surface area contributed by atoms with E-state index in [9.17, 15) is 0 Å². The quantitative estimate of drug-likeness (QED) is 0.375. The summed E-state index contributed by atoms with van der Waals surface area (Å²) in [4.78, 5) is 7.02. The average Bonchev–Trinajstić information content (AvgIpc) is 3.23. The molecular weight excluding hydrogens is 374 g/mol. The highest BCUT2D eigenvalue weighted by Crippen LogP contribution is 2.44. The molecule has 0 radical (unpaired) electrons. The summed E-state index contributed by atoms with van der Waals surface area (Å²) in [5, 5.41) is 6.28. The molecule has 3 rings (SSSR count). The largest absolute Gasteiger partial charge is 0.493 e. The molecule has 1 saturated carbocycles. The van der Waals surface area contributed by atoms with Gasteiger partial charge in [0.1, 0.15) is 6.61 Å². The molecule has 0 spiro atoms. The van der Waals surface area contributed by atoms with E-state index in [1.807, 2.05) is 23.5 Å². The monoisotopic (exact) mass is 403 g/mol. The standard InChI is InChI=1S/C22H29NO4S/c1-15(21-6-5-9-28-21)7-8-17-12-18(17)14-27-23-13-16-10-19(24-2)22(26-4)20(11-16)25-3/h5-6,9-11,13,15,17-18H,7-8,12,14H2,1-4H3/b23-13-/t15?,17-,18+/m1/s1. The Labute approximate surface area is 171 Å². The topological polar surface area (TPSA) is 49.3 Å². The van der Waals surface area contributed by atoms with Gasteiger partial charge < -0.3 is 19.0 Å². The zero-order valence-electron chi connectivity index (χ0n) is 17.0. The summed E-state index contributed by atoms with van der Waals surface area (Å²) in [5.41, 5.74) is 0.839. The van der Waals surface area contributed by atoms with Gasteiger partial charge >= 0.3 is 0 Å². The number of oxime groups is 1. The van der Waals surface area contributed by atoms with E-state index in [0.717, 1.165) is 11.5 Å². The van der Waals surface area contributed by atoms with Crippen molar-refractivity contribution in [1.29, 1.82) is 0 Å². The summed E-state index contributed by atoms with van der Waals surface area (Å²) in [6.45, 7) is 3.00. The van der Waals surface area contributed by atoms with Crippen molar-refractivity contribution < 1.29 is 19.0 Å². The Bertz CT molecular complexity index is 750. The zero-order valence-corrected chi connectivity index (χ0v) is 17.8. The predicted molar refractivity (Wildman–Crippen MR) is 113 cm³/mol. The molecule has 1 aromatic heterocycles. The van der Waals surface area contributed by atoms with Gasteiger partial charge in [0.05, 0.1) is 27.5 Å². The average molecular weight is 404 g/mol. The van der Waals surface area contributed by atoms with Crippen molar-refractivity contribution in [2.24, 2.45) is 17.0 Å². The highest BCUT2D eigenvalue weighted by Gasteiger charge is 2.37. The van der Waals surface area contributed by atoms with Crippen LogP contribution in [0.1, 0.15) is 42.5 Å². The Morgan fingerprint density at radius 1 is 1.14 bits per heavy atom. The summed E-state index contributed by atoms with van der Waals surface area (Å²) < 4.78 is 16.0. The molecule has 1 fully saturated rings. The van der Waals surface area contributed by atoms with Crippen molar-refractivity contribution >= 4 is 17.6 Å². The molecule has 0 N–H and O–H groups in total. The minimum atomic E-state index is 0.570. The third kappa shape index (κ3) is 5.19. The van der Waals surface area contributed by atoms with Crippen molar-refractivity contribution in [2.45, 2.75) is 32.1 Å². The lowest BCUT2D eigenvalue weighted by atomic mass is 10.0. The van der Waals surface area contributed by atoms with E-state index in [1.54, 1.807) is 27.5 Å². The zero-order chi connectivity index (χ0) is 19.9. The number of methoxy groups -OCH3 is 3. The summed E-state index contributed by atoms with van der Waals surface area (Å²) in [6, 6.07) is 8.07. The van der Waals surface area contributed by atoms with E-state index >= 15 is 0 Å². The first-order valence-corrected chi connectivity index (χ1v) is 10.5. The Morgan fingerprint density at radius 3 is 2.50 bits per heavy atom. The maximum atomic E-state index is 5.53. The number of rotatable bonds is 11. The highest BCUT2D eigenvalue weighted by atomic mass is 32.1. The second-order valence-electron chi connectivity index (χ2n) is 7.24. The fourth-order valence-electron chi connectivity index (χ4n) is 3.46. The molecule has 0 aliphatic heterocycles.